The van der Waals surface area contributed by atoms with Crippen molar-refractivity contribution in [2.75, 3.05) is 19.0 Å². The number of ether oxygens (including phenoxy) is 1. The Morgan fingerprint density at radius 3 is 2.89 bits per heavy atom. The second-order valence-corrected chi connectivity index (χ2v) is 11.5. The van der Waals surface area contributed by atoms with Crippen LogP contribution in [0.3, 0.4) is 0 Å². The molecule has 0 radical (unpaired) electrons. The Kier molecular flexibility index (Phi) is 8.70. The molecule has 9 nitrogen and oxygen atoms in total. The van der Waals surface area contributed by atoms with Crippen LogP contribution in [0, 0.1) is 5.92 Å². The molecule has 2 heterocycles. The Morgan fingerprint density at radius 2 is 2.14 bits per heavy atom. The van der Waals surface area contributed by atoms with Gasteiger partial charge in [0, 0.05) is 29.2 Å². The molecular formula is C24H27ClN4O5S2. The van der Waals surface area contributed by atoms with Crippen molar-refractivity contribution in [3.05, 3.63) is 74.3 Å². The first-order valence-electron chi connectivity index (χ1n) is 11.3. The van der Waals surface area contributed by atoms with Crippen molar-refractivity contribution in [2.24, 2.45) is 11.1 Å². The van der Waals surface area contributed by atoms with Gasteiger partial charge < -0.3 is 10.1 Å². The maximum atomic E-state index is 13.5. The number of benzene rings is 1. The van der Waals surface area contributed by atoms with Crippen molar-refractivity contribution >= 4 is 44.8 Å². The zero-order chi connectivity index (χ0) is 25.7. The lowest BCUT2D eigenvalue weighted by Gasteiger charge is -2.15. The molecule has 1 aromatic carbocycles. The highest BCUT2D eigenvalue weighted by molar-refractivity contribution is 7.84. The van der Waals surface area contributed by atoms with Crippen molar-refractivity contribution in [1.29, 1.82) is 0 Å². The fourth-order valence-corrected chi connectivity index (χ4v) is 6.04. The number of nitrogens with zero attached hydrogens (tertiary/aromatic N) is 2. The maximum Gasteiger partial charge on any atom is 0.333 e. The van der Waals surface area contributed by atoms with Gasteiger partial charge >= 0.3 is 10.3 Å². The summed E-state index contributed by atoms with van der Waals surface area (Å²) in [7, 11) is -2.34. The minimum atomic E-state index is -3.96. The fraction of sp³-hybridized carbons (Fsp3) is 0.375. The normalized spacial score (nSPS) is 17.9. The summed E-state index contributed by atoms with van der Waals surface area (Å²) in [6, 6.07) is 9.55. The smallest absolute Gasteiger partial charge is 0.333 e. The summed E-state index contributed by atoms with van der Waals surface area (Å²) >= 11 is 7.54. The molecular weight excluding hydrogens is 524 g/mol. The molecule has 3 N–H and O–H groups in total. The molecule has 1 aliphatic carbocycles. The first-order valence-corrected chi connectivity index (χ1v) is 14.0. The van der Waals surface area contributed by atoms with E-state index in [0.29, 0.717) is 40.7 Å². The van der Waals surface area contributed by atoms with Crippen LogP contribution in [-0.2, 0) is 32.3 Å². The molecule has 3 aromatic rings. The molecule has 2 atom stereocenters. The minimum absolute atomic E-state index is 0.0197. The summed E-state index contributed by atoms with van der Waals surface area (Å²) in [5, 5.41) is 8.93. The van der Waals surface area contributed by atoms with Gasteiger partial charge in [0.05, 0.1) is 23.7 Å². The standard InChI is InChI=1S/C24H27ClN4O5S2/c1-33-13-22-17(7-15-3-2-4-18(25)8-15)10-21(35-22)23(30)20-11-27-14-28-24(20)29-19-6-5-16(9-19)12-34-36(26,31)32/h2-4,8,10-11,14,16,19H,5-7,9,12-13H2,1H3,(H2,26,31,32)(H,27,28,29)/t16-,19+/m1/s1. The molecule has 1 aliphatic rings. The van der Waals surface area contributed by atoms with Crippen molar-refractivity contribution in [3.8, 4) is 0 Å². The quantitative estimate of drug-likeness (QED) is 0.343. The van der Waals surface area contributed by atoms with Gasteiger partial charge in [-0.1, -0.05) is 23.7 Å². The third-order valence-corrected chi connectivity index (χ3v) is 7.84. The molecule has 192 valence electrons. The molecule has 4 rings (SSSR count). The zero-order valence-corrected chi connectivity index (χ0v) is 22.0. The number of nitrogens with one attached hydrogen (secondary N) is 1. The first-order chi connectivity index (χ1) is 17.2. The van der Waals surface area contributed by atoms with E-state index in [-0.39, 0.29) is 24.3 Å². The van der Waals surface area contributed by atoms with Crippen molar-refractivity contribution in [2.45, 2.75) is 38.3 Å². The Labute approximate surface area is 219 Å². The van der Waals surface area contributed by atoms with E-state index >= 15 is 0 Å². The number of anilines is 1. The third kappa shape index (κ3) is 7.09. The molecule has 2 aromatic heterocycles. The van der Waals surface area contributed by atoms with E-state index in [9.17, 15) is 13.2 Å². The predicted molar refractivity (Wildman–Crippen MR) is 139 cm³/mol. The van der Waals surface area contributed by atoms with Crippen molar-refractivity contribution < 1.29 is 22.1 Å². The van der Waals surface area contributed by atoms with E-state index < -0.39 is 10.3 Å². The Hall–Kier alpha value is -2.41. The summed E-state index contributed by atoms with van der Waals surface area (Å²) in [5.41, 5.74) is 2.43. The van der Waals surface area contributed by atoms with Crippen LogP contribution in [0.1, 0.15) is 50.5 Å². The van der Waals surface area contributed by atoms with Gasteiger partial charge in [0.2, 0.25) is 5.78 Å². The van der Waals surface area contributed by atoms with Gasteiger partial charge in [0.15, 0.2) is 0 Å². The zero-order valence-electron chi connectivity index (χ0n) is 19.6. The molecule has 0 bridgehead atoms. The van der Waals surface area contributed by atoms with Crippen LogP contribution in [-0.4, -0.2) is 43.9 Å². The van der Waals surface area contributed by atoms with Gasteiger partial charge in [-0.3, -0.25) is 8.98 Å². The molecule has 1 fully saturated rings. The van der Waals surface area contributed by atoms with Gasteiger partial charge in [-0.05, 0) is 60.9 Å². The second kappa shape index (κ2) is 11.8. The topological polar surface area (TPSA) is 134 Å². The van der Waals surface area contributed by atoms with Crippen LogP contribution >= 0.6 is 22.9 Å². The lowest BCUT2D eigenvalue weighted by atomic mass is 10.0. The number of hydrogen-bond donors (Lipinski definition) is 2. The number of carbonyl (C=O) groups excluding carboxylic acids is 1. The molecule has 1 saturated carbocycles. The summed E-state index contributed by atoms with van der Waals surface area (Å²) in [4.78, 5) is 23.5. The van der Waals surface area contributed by atoms with E-state index in [1.54, 1.807) is 7.11 Å². The molecule has 0 amide bonds. The molecule has 0 aliphatic heterocycles. The highest BCUT2D eigenvalue weighted by Gasteiger charge is 2.28. The van der Waals surface area contributed by atoms with Crippen LogP contribution in [0.4, 0.5) is 5.82 Å². The molecule has 0 spiro atoms. The van der Waals surface area contributed by atoms with E-state index in [2.05, 4.69) is 15.3 Å². The van der Waals surface area contributed by atoms with E-state index in [0.717, 1.165) is 28.8 Å². The van der Waals surface area contributed by atoms with Gasteiger partial charge in [-0.15, -0.1) is 11.3 Å². The summed E-state index contributed by atoms with van der Waals surface area (Å²) in [6.45, 7) is 0.438. The third-order valence-electron chi connectivity index (χ3n) is 5.99. The van der Waals surface area contributed by atoms with Crippen LogP contribution in [0.2, 0.25) is 5.02 Å². The second-order valence-electron chi connectivity index (χ2n) is 8.71. The van der Waals surface area contributed by atoms with Crippen molar-refractivity contribution in [1.82, 2.24) is 9.97 Å². The molecule has 0 unspecified atom stereocenters. The molecule has 12 heteroatoms. The number of rotatable bonds is 11. The Bertz CT molecular complexity index is 1330. The van der Waals surface area contributed by atoms with Gasteiger partial charge in [-0.25, -0.2) is 15.1 Å². The van der Waals surface area contributed by atoms with E-state index in [1.165, 1.54) is 23.9 Å². The average molecular weight is 551 g/mol. The fourth-order valence-electron chi connectivity index (χ4n) is 4.33. The number of nitrogens with two attached hydrogens (primary N) is 1. The van der Waals surface area contributed by atoms with Gasteiger partial charge in [0.1, 0.15) is 12.1 Å². The number of carbonyl (C=O) groups is 1. The minimum Gasteiger partial charge on any atom is -0.379 e. The first kappa shape index (κ1) is 26.6. The predicted octanol–water partition coefficient (Wildman–Crippen LogP) is 3.96. The number of methoxy groups -OCH3 is 1. The molecule has 36 heavy (non-hydrogen) atoms. The largest absolute Gasteiger partial charge is 0.379 e. The number of halogens is 1. The lowest BCUT2D eigenvalue weighted by molar-refractivity contribution is 0.104. The van der Waals surface area contributed by atoms with Crippen molar-refractivity contribution in [3.63, 3.8) is 0 Å². The summed E-state index contributed by atoms with van der Waals surface area (Å²) in [6.07, 6.45) is 5.78. The lowest BCUT2D eigenvalue weighted by Crippen LogP contribution is -2.22. The summed E-state index contributed by atoms with van der Waals surface area (Å²) in [5.74, 6) is 0.320. The van der Waals surface area contributed by atoms with Crippen LogP contribution in [0.5, 0.6) is 0 Å². The van der Waals surface area contributed by atoms with E-state index in [1.807, 2.05) is 30.3 Å². The van der Waals surface area contributed by atoms with Gasteiger partial charge in [-0.2, -0.15) is 8.42 Å². The Morgan fingerprint density at radius 1 is 1.31 bits per heavy atom. The maximum absolute atomic E-state index is 13.5. The van der Waals surface area contributed by atoms with Crippen LogP contribution in [0.15, 0.2) is 42.9 Å². The average Bonchev–Trinajstić information content (AvgIpc) is 3.44. The highest BCUT2D eigenvalue weighted by atomic mass is 35.5. The molecule has 0 saturated heterocycles. The number of ketones is 1. The number of aromatic nitrogens is 2. The summed E-state index contributed by atoms with van der Waals surface area (Å²) < 4.78 is 32.3. The monoisotopic (exact) mass is 550 g/mol. The number of hydrogen-bond acceptors (Lipinski definition) is 9. The SMILES string of the molecule is COCc1sc(C(=O)c2cncnc2N[C@H]2CC[C@@H](COS(N)(=O)=O)C2)cc1Cc1cccc(Cl)c1. The number of thiophene rings is 1. The highest BCUT2D eigenvalue weighted by Crippen LogP contribution is 2.32. The van der Waals surface area contributed by atoms with Crippen LogP contribution < -0.4 is 10.5 Å². The van der Waals surface area contributed by atoms with E-state index in [4.69, 9.17) is 25.7 Å². The Balaban J connectivity index is 1.50. The van der Waals surface area contributed by atoms with Gasteiger partial charge in [0.25, 0.3) is 0 Å². The van der Waals surface area contributed by atoms with Crippen LogP contribution in [0.25, 0.3) is 0 Å².